The number of aromatic nitrogens is 1. The number of rotatable bonds is 5. The van der Waals surface area contributed by atoms with Crippen LogP contribution in [0.3, 0.4) is 0 Å². The first-order chi connectivity index (χ1) is 12.1. The van der Waals surface area contributed by atoms with Gasteiger partial charge in [0.15, 0.2) is 0 Å². The van der Waals surface area contributed by atoms with Crippen LogP contribution in [0.2, 0.25) is 10.2 Å². The number of amides is 1. The fourth-order valence-electron chi connectivity index (χ4n) is 2.68. The number of piperazine rings is 1. The molecule has 2 aromatic rings. The molecule has 0 saturated carbocycles. The topological polar surface area (TPSA) is 45.7 Å². The Balaban J connectivity index is 1.41. The number of carbonyl (C=O) groups is 1. The average Bonchev–Trinajstić information content (AvgIpc) is 2.64. The van der Waals surface area contributed by atoms with Crippen LogP contribution in [0.5, 0.6) is 5.75 Å². The third-order valence-electron chi connectivity index (χ3n) is 4.12. The predicted octanol–water partition coefficient (Wildman–Crippen LogP) is 3.23. The van der Waals surface area contributed by atoms with Crippen molar-refractivity contribution in [1.82, 2.24) is 14.8 Å². The summed E-state index contributed by atoms with van der Waals surface area (Å²) in [5.74, 6) is 0.815. The fourth-order valence-corrected chi connectivity index (χ4v) is 2.92. The molecule has 1 fully saturated rings. The van der Waals surface area contributed by atoms with Gasteiger partial charge < -0.3 is 9.64 Å². The van der Waals surface area contributed by atoms with Gasteiger partial charge in [-0.05, 0) is 36.4 Å². The van der Waals surface area contributed by atoms with E-state index in [4.69, 9.17) is 27.9 Å². The Hall–Kier alpha value is -1.82. The lowest BCUT2D eigenvalue weighted by atomic mass is 10.2. The van der Waals surface area contributed by atoms with Crippen LogP contribution in [0.15, 0.2) is 42.6 Å². The Morgan fingerprint density at radius 3 is 2.40 bits per heavy atom. The number of hydrogen-bond acceptors (Lipinski definition) is 4. The van der Waals surface area contributed by atoms with E-state index in [0.29, 0.717) is 35.4 Å². The van der Waals surface area contributed by atoms with Gasteiger partial charge in [-0.2, -0.15) is 0 Å². The van der Waals surface area contributed by atoms with Gasteiger partial charge in [0.1, 0.15) is 17.5 Å². The molecule has 1 aliphatic heterocycles. The van der Waals surface area contributed by atoms with E-state index in [1.807, 2.05) is 29.2 Å². The van der Waals surface area contributed by atoms with Gasteiger partial charge in [-0.25, -0.2) is 4.98 Å². The van der Waals surface area contributed by atoms with E-state index in [9.17, 15) is 4.79 Å². The predicted molar refractivity (Wildman–Crippen MR) is 98.5 cm³/mol. The van der Waals surface area contributed by atoms with Crippen LogP contribution in [0.25, 0.3) is 0 Å². The van der Waals surface area contributed by atoms with Crippen LogP contribution in [-0.4, -0.2) is 60.0 Å². The molecular weight excluding hydrogens is 361 g/mol. The molecule has 0 bridgehead atoms. The number of pyridine rings is 1. The van der Waals surface area contributed by atoms with E-state index in [1.54, 1.807) is 12.1 Å². The van der Waals surface area contributed by atoms with Gasteiger partial charge in [0.25, 0.3) is 5.91 Å². The normalized spacial score (nSPS) is 15.2. The molecule has 1 aromatic heterocycles. The molecule has 0 radical (unpaired) electrons. The molecule has 1 aromatic carbocycles. The van der Waals surface area contributed by atoms with Gasteiger partial charge in [0.2, 0.25) is 0 Å². The molecule has 0 aliphatic carbocycles. The summed E-state index contributed by atoms with van der Waals surface area (Å²) in [5.41, 5.74) is 0.573. The molecular formula is C18H19Cl2N3O2. The minimum absolute atomic E-state index is 0.00114. The third-order valence-corrected chi connectivity index (χ3v) is 4.60. The molecule has 0 N–H and O–H groups in total. The average molecular weight is 380 g/mol. The second kappa shape index (κ2) is 8.52. The summed E-state index contributed by atoms with van der Waals surface area (Å²) in [7, 11) is 0. The molecule has 0 unspecified atom stereocenters. The van der Waals surface area contributed by atoms with Crippen LogP contribution >= 0.6 is 23.2 Å². The zero-order valence-electron chi connectivity index (χ0n) is 13.7. The van der Waals surface area contributed by atoms with Crippen molar-refractivity contribution in [3.05, 3.63) is 58.3 Å². The van der Waals surface area contributed by atoms with E-state index in [0.717, 1.165) is 25.4 Å². The van der Waals surface area contributed by atoms with Crippen molar-refractivity contribution in [2.24, 2.45) is 0 Å². The quantitative estimate of drug-likeness (QED) is 0.748. The Morgan fingerprint density at radius 1 is 1.04 bits per heavy atom. The number of hydrogen-bond donors (Lipinski definition) is 0. The molecule has 5 nitrogen and oxygen atoms in total. The number of nitrogens with zero attached hydrogens (tertiary/aromatic N) is 3. The molecule has 0 atom stereocenters. The summed E-state index contributed by atoms with van der Waals surface area (Å²) in [6, 6.07) is 10.7. The standard InChI is InChI=1S/C18H19Cl2N3O2/c19-15-2-4-16(5-3-15)25-12-11-22-7-9-23(10-8-22)18(24)14-1-6-17(20)21-13-14/h1-6,13H,7-12H2. The maximum atomic E-state index is 12.4. The SMILES string of the molecule is O=C(c1ccc(Cl)nc1)N1CCN(CCOc2ccc(Cl)cc2)CC1. The molecule has 0 spiro atoms. The number of benzene rings is 1. The number of ether oxygens (including phenoxy) is 1. The van der Waals surface area contributed by atoms with Crippen LogP contribution in [0.1, 0.15) is 10.4 Å². The smallest absolute Gasteiger partial charge is 0.255 e. The lowest BCUT2D eigenvalue weighted by Gasteiger charge is -2.34. The lowest BCUT2D eigenvalue weighted by Crippen LogP contribution is -2.49. The lowest BCUT2D eigenvalue weighted by molar-refractivity contribution is 0.0620. The van der Waals surface area contributed by atoms with E-state index in [2.05, 4.69) is 9.88 Å². The molecule has 1 saturated heterocycles. The minimum Gasteiger partial charge on any atom is -0.492 e. The van der Waals surface area contributed by atoms with E-state index >= 15 is 0 Å². The first-order valence-electron chi connectivity index (χ1n) is 8.13. The van der Waals surface area contributed by atoms with Gasteiger partial charge >= 0.3 is 0 Å². The maximum Gasteiger partial charge on any atom is 0.255 e. The van der Waals surface area contributed by atoms with Crippen molar-refractivity contribution < 1.29 is 9.53 Å². The molecule has 1 aliphatic rings. The maximum absolute atomic E-state index is 12.4. The fraction of sp³-hybridized carbons (Fsp3) is 0.333. The van der Waals surface area contributed by atoms with E-state index in [-0.39, 0.29) is 5.91 Å². The summed E-state index contributed by atoms with van der Waals surface area (Å²) in [5, 5.41) is 1.09. The summed E-state index contributed by atoms with van der Waals surface area (Å²) < 4.78 is 5.72. The summed E-state index contributed by atoms with van der Waals surface area (Å²) >= 11 is 11.6. The highest BCUT2D eigenvalue weighted by Gasteiger charge is 2.22. The second-order valence-electron chi connectivity index (χ2n) is 5.81. The number of carbonyl (C=O) groups excluding carboxylic acids is 1. The van der Waals surface area contributed by atoms with Crippen LogP contribution in [-0.2, 0) is 0 Å². The largest absolute Gasteiger partial charge is 0.492 e. The molecule has 2 heterocycles. The highest BCUT2D eigenvalue weighted by atomic mass is 35.5. The zero-order valence-corrected chi connectivity index (χ0v) is 15.2. The minimum atomic E-state index is 0.00114. The highest BCUT2D eigenvalue weighted by Crippen LogP contribution is 2.15. The number of halogens is 2. The van der Waals surface area contributed by atoms with Crippen molar-refractivity contribution in [1.29, 1.82) is 0 Å². The summed E-state index contributed by atoms with van der Waals surface area (Å²) in [6.45, 7) is 4.49. The van der Waals surface area contributed by atoms with E-state index < -0.39 is 0 Å². The van der Waals surface area contributed by atoms with E-state index in [1.165, 1.54) is 6.20 Å². The monoisotopic (exact) mass is 379 g/mol. The van der Waals surface area contributed by atoms with Gasteiger partial charge in [-0.15, -0.1) is 0 Å². The van der Waals surface area contributed by atoms with Crippen LogP contribution in [0, 0.1) is 0 Å². The Morgan fingerprint density at radius 2 is 1.76 bits per heavy atom. The van der Waals surface area contributed by atoms with Crippen molar-refractivity contribution in [3.8, 4) is 5.75 Å². The van der Waals surface area contributed by atoms with Crippen molar-refractivity contribution in [2.45, 2.75) is 0 Å². The summed E-state index contributed by atoms with van der Waals surface area (Å²) in [6.07, 6.45) is 1.52. The van der Waals surface area contributed by atoms with Crippen LogP contribution < -0.4 is 4.74 Å². The van der Waals surface area contributed by atoms with Crippen molar-refractivity contribution in [2.75, 3.05) is 39.3 Å². The van der Waals surface area contributed by atoms with Gasteiger partial charge in [0, 0.05) is 43.9 Å². The zero-order chi connectivity index (χ0) is 17.6. The molecule has 132 valence electrons. The second-order valence-corrected chi connectivity index (χ2v) is 6.63. The summed E-state index contributed by atoms with van der Waals surface area (Å²) in [4.78, 5) is 20.5. The van der Waals surface area contributed by atoms with Crippen molar-refractivity contribution >= 4 is 29.1 Å². The molecule has 25 heavy (non-hydrogen) atoms. The highest BCUT2D eigenvalue weighted by molar-refractivity contribution is 6.30. The van der Waals surface area contributed by atoms with Gasteiger partial charge in [0.05, 0.1) is 5.56 Å². The van der Waals surface area contributed by atoms with Gasteiger partial charge in [-0.3, -0.25) is 9.69 Å². The Kier molecular flexibility index (Phi) is 6.13. The first kappa shape index (κ1) is 18.0. The Bertz CT molecular complexity index is 699. The Labute approximate surface area is 157 Å². The molecule has 3 rings (SSSR count). The van der Waals surface area contributed by atoms with Crippen LogP contribution in [0.4, 0.5) is 0 Å². The third kappa shape index (κ3) is 5.08. The molecule has 7 heteroatoms. The van der Waals surface area contributed by atoms with Gasteiger partial charge in [-0.1, -0.05) is 23.2 Å². The first-order valence-corrected chi connectivity index (χ1v) is 8.89. The van der Waals surface area contributed by atoms with Crippen molar-refractivity contribution in [3.63, 3.8) is 0 Å². The molecule has 1 amide bonds.